The van der Waals surface area contributed by atoms with Crippen molar-refractivity contribution in [3.8, 4) is 0 Å². The molecule has 1 aromatic rings. The Balaban J connectivity index is 1.61. The average molecular weight is 262 g/mol. The molecule has 3 rings (SSSR count). The van der Waals surface area contributed by atoms with Crippen LogP contribution in [0.4, 0.5) is 0 Å². The predicted molar refractivity (Wildman–Crippen MR) is 72.1 cm³/mol. The Morgan fingerprint density at radius 1 is 1.26 bits per heavy atom. The molecule has 2 heterocycles. The summed E-state index contributed by atoms with van der Waals surface area (Å²) < 4.78 is 1.89. The van der Waals surface area contributed by atoms with E-state index < -0.39 is 0 Å². The fraction of sp³-hybridized carbons (Fsp3) is 0.786. The summed E-state index contributed by atoms with van der Waals surface area (Å²) in [5.41, 5.74) is 0.561. The minimum atomic E-state index is 0.173. The third kappa shape index (κ3) is 3.03. The molecular formula is C14H22N4O. The second-order valence-electron chi connectivity index (χ2n) is 5.84. The molecule has 0 atom stereocenters. The molecule has 1 aromatic heterocycles. The summed E-state index contributed by atoms with van der Waals surface area (Å²) in [6.45, 7) is 2.05. The van der Waals surface area contributed by atoms with E-state index in [1.807, 2.05) is 10.9 Å². The minimum Gasteiger partial charge on any atom is -0.317 e. The number of rotatable bonds is 4. The van der Waals surface area contributed by atoms with Crippen molar-refractivity contribution >= 4 is 5.78 Å². The second-order valence-corrected chi connectivity index (χ2v) is 5.84. The fourth-order valence-electron chi connectivity index (χ4n) is 3.24. The van der Waals surface area contributed by atoms with Crippen molar-refractivity contribution in [3.05, 3.63) is 11.9 Å². The molecule has 1 aliphatic carbocycles. The second kappa shape index (κ2) is 5.82. The topological polar surface area (TPSA) is 59.8 Å². The van der Waals surface area contributed by atoms with Gasteiger partial charge in [-0.15, -0.1) is 5.10 Å². The lowest BCUT2D eigenvalue weighted by molar-refractivity contribution is 0.0957. The number of Topliss-reactive ketones (excluding diaryl/α,β-unsaturated/α-hetero) is 1. The molecule has 0 amide bonds. The summed E-state index contributed by atoms with van der Waals surface area (Å²) in [4.78, 5) is 12.2. The average Bonchev–Trinajstić information content (AvgIpc) is 3.10. The molecule has 19 heavy (non-hydrogen) atoms. The number of hydrogen-bond acceptors (Lipinski definition) is 4. The third-order valence-electron chi connectivity index (χ3n) is 4.43. The summed E-state index contributed by atoms with van der Waals surface area (Å²) >= 11 is 0. The van der Waals surface area contributed by atoms with Crippen LogP contribution in [0.2, 0.25) is 0 Å². The van der Waals surface area contributed by atoms with E-state index in [0.717, 1.165) is 25.9 Å². The first kappa shape index (κ1) is 12.8. The molecule has 1 saturated carbocycles. The summed E-state index contributed by atoms with van der Waals surface area (Å²) in [6, 6.07) is 0.404. The van der Waals surface area contributed by atoms with E-state index in [1.54, 1.807) is 0 Å². The molecule has 0 radical (unpaired) electrons. The molecule has 2 aliphatic rings. The van der Waals surface area contributed by atoms with Crippen LogP contribution in [0.3, 0.4) is 0 Å². The quantitative estimate of drug-likeness (QED) is 0.843. The minimum absolute atomic E-state index is 0.173. The van der Waals surface area contributed by atoms with E-state index in [0.29, 0.717) is 24.1 Å². The molecule has 1 aliphatic heterocycles. The van der Waals surface area contributed by atoms with Crippen LogP contribution < -0.4 is 5.32 Å². The number of hydrogen-bond donors (Lipinski definition) is 1. The zero-order chi connectivity index (χ0) is 13.1. The molecule has 5 nitrogen and oxygen atoms in total. The van der Waals surface area contributed by atoms with E-state index in [1.165, 1.54) is 25.7 Å². The maximum Gasteiger partial charge on any atom is 0.184 e. The number of nitrogens with one attached hydrogen (secondary N) is 1. The number of nitrogens with zero attached hydrogens (tertiary/aromatic N) is 3. The van der Waals surface area contributed by atoms with Gasteiger partial charge in [0.25, 0.3) is 0 Å². The largest absolute Gasteiger partial charge is 0.317 e. The molecule has 1 saturated heterocycles. The van der Waals surface area contributed by atoms with Crippen molar-refractivity contribution in [2.45, 2.75) is 51.0 Å². The highest BCUT2D eigenvalue weighted by molar-refractivity contribution is 5.94. The molecule has 0 unspecified atom stereocenters. The zero-order valence-corrected chi connectivity index (χ0v) is 11.3. The lowest BCUT2D eigenvalue weighted by Gasteiger charge is -2.22. The maximum absolute atomic E-state index is 12.2. The first-order valence-electron chi connectivity index (χ1n) is 7.48. The molecular weight excluding hydrogens is 240 g/mol. The van der Waals surface area contributed by atoms with Gasteiger partial charge < -0.3 is 5.32 Å². The first-order valence-corrected chi connectivity index (χ1v) is 7.48. The van der Waals surface area contributed by atoms with Gasteiger partial charge in [-0.25, -0.2) is 4.68 Å². The van der Waals surface area contributed by atoms with Crippen LogP contribution in [0.1, 0.15) is 61.5 Å². The lowest BCUT2D eigenvalue weighted by atomic mass is 10.00. The molecule has 104 valence electrons. The van der Waals surface area contributed by atoms with Gasteiger partial charge in [0.05, 0.1) is 12.2 Å². The Morgan fingerprint density at radius 2 is 2.00 bits per heavy atom. The SMILES string of the molecule is O=C(CC1CCCC1)c1cn(C2CCNCC2)nn1. The van der Waals surface area contributed by atoms with Crippen LogP contribution in [0, 0.1) is 5.92 Å². The summed E-state index contributed by atoms with van der Waals surface area (Å²) in [7, 11) is 0. The van der Waals surface area contributed by atoms with E-state index in [-0.39, 0.29) is 5.78 Å². The van der Waals surface area contributed by atoms with Crippen molar-refractivity contribution in [3.63, 3.8) is 0 Å². The van der Waals surface area contributed by atoms with Crippen molar-refractivity contribution < 1.29 is 4.79 Å². The summed E-state index contributed by atoms with van der Waals surface area (Å²) in [6.07, 6.45) is 9.61. The Morgan fingerprint density at radius 3 is 2.74 bits per heavy atom. The highest BCUT2D eigenvalue weighted by atomic mass is 16.1. The van der Waals surface area contributed by atoms with Crippen molar-refractivity contribution in [1.29, 1.82) is 0 Å². The van der Waals surface area contributed by atoms with E-state index in [4.69, 9.17) is 0 Å². The predicted octanol–water partition coefficient (Wildman–Crippen LogP) is 1.97. The van der Waals surface area contributed by atoms with Crippen LogP contribution >= 0.6 is 0 Å². The summed E-state index contributed by atoms with van der Waals surface area (Å²) in [5.74, 6) is 0.753. The van der Waals surface area contributed by atoms with Crippen molar-refractivity contribution in [2.75, 3.05) is 13.1 Å². The van der Waals surface area contributed by atoms with Gasteiger partial charge >= 0.3 is 0 Å². The number of piperidine rings is 1. The standard InChI is InChI=1S/C14H22N4O/c19-14(9-11-3-1-2-4-11)13-10-18(17-16-13)12-5-7-15-8-6-12/h10-12,15H,1-9H2. The Hall–Kier alpha value is -1.23. The highest BCUT2D eigenvalue weighted by Crippen LogP contribution is 2.28. The molecule has 0 aromatic carbocycles. The molecule has 0 bridgehead atoms. The summed E-state index contributed by atoms with van der Waals surface area (Å²) in [5, 5.41) is 11.6. The highest BCUT2D eigenvalue weighted by Gasteiger charge is 2.22. The molecule has 2 fully saturated rings. The Labute approximate surface area is 113 Å². The van der Waals surface area contributed by atoms with Crippen molar-refractivity contribution in [1.82, 2.24) is 20.3 Å². The van der Waals surface area contributed by atoms with Gasteiger partial charge in [0.2, 0.25) is 0 Å². The molecule has 0 spiro atoms. The maximum atomic E-state index is 12.2. The van der Waals surface area contributed by atoms with Gasteiger partial charge in [-0.3, -0.25) is 4.79 Å². The smallest absolute Gasteiger partial charge is 0.184 e. The number of ketones is 1. The third-order valence-corrected chi connectivity index (χ3v) is 4.43. The number of aromatic nitrogens is 3. The van der Waals surface area contributed by atoms with Gasteiger partial charge in [-0.1, -0.05) is 30.9 Å². The Kier molecular flexibility index (Phi) is 3.92. The van der Waals surface area contributed by atoms with Gasteiger partial charge in [0, 0.05) is 6.42 Å². The molecule has 1 N–H and O–H groups in total. The lowest BCUT2D eigenvalue weighted by Crippen LogP contribution is -2.29. The van der Waals surface area contributed by atoms with Crippen LogP contribution in [-0.4, -0.2) is 33.9 Å². The van der Waals surface area contributed by atoms with Crippen LogP contribution in [-0.2, 0) is 0 Å². The van der Waals surface area contributed by atoms with Gasteiger partial charge in [0.15, 0.2) is 5.78 Å². The van der Waals surface area contributed by atoms with Crippen LogP contribution in [0.5, 0.6) is 0 Å². The number of carbonyl (C=O) groups excluding carboxylic acids is 1. The monoisotopic (exact) mass is 262 g/mol. The number of carbonyl (C=O) groups is 1. The first-order chi connectivity index (χ1) is 9.33. The van der Waals surface area contributed by atoms with Gasteiger partial charge in [-0.2, -0.15) is 0 Å². The van der Waals surface area contributed by atoms with Gasteiger partial charge in [0.1, 0.15) is 5.69 Å². The molecule has 5 heteroatoms. The normalized spacial score (nSPS) is 21.9. The van der Waals surface area contributed by atoms with E-state index in [9.17, 15) is 4.79 Å². The Bertz CT molecular complexity index is 430. The van der Waals surface area contributed by atoms with Gasteiger partial charge in [-0.05, 0) is 31.8 Å². The van der Waals surface area contributed by atoms with Crippen LogP contribution in [0.25, 0.3) is 0 Å². The van der Waals surface area contributed by atoms with Crippen molar-refractivity contribution in [2.24, 2.45) is 5.92 Å². The van der Waals surface area contributed by atoms with Crippen LogP contribution in [0.15, 0.2) is 6.20 Å². The van der Waals surface area contributed by atoms with E-state index in [2.05, 4.69) is 15.6 Å². The van der Waals surface area contributed by atoms with E-state index >= 15 is 0 Å². The fourth-order valence-corrected chi connectivity index (χ4v) is 3.24. The zero-order valence-electron chi connectivity index (χ0n) is 11.3.